The molecule has 2 rings (SSSR count). The molecule has 102 valence electrons. The number of nitrogens with two attached hydrogens (primary N) is 1. The van der Waals surface area contributed by atoms with Crippen LogP contribution in [0.1, 0.15) is 5.56 Å². The van der Waals surface area contributed by atoms with Gasteiger partial charge >= 0.3 is 0 Å². The maximum atomic E-state index is 10.6. The number of nitro groups is 1. The molecule has 1 aromatic heterocycles. The number of nitrogen functional groups attached to an aromatic ring is 1. The zero-order chi connectivity index (χ0) is 14.7. The van der Waals surface area contributed by atoms with Gasteiger partial charge in [0.05, 0.1) is 9.95 Å². The summed E-state index contributed by atoms with van der Waals surface area (Å²) in [6, 6.07) is 7.60. The number of hydrogen-bond donors (Lipinski definition) is 2. The summed E-state index contributed by atoms with van der Waals surface area (Å²) < 4.78 is 0. The second-order valence-electron chi connectivity index (χ2n) is 3.74. The summed E-state index contributed by atoms with van der Waals surface area (Å²) >= 11 is 7.37. The second-order valence-corrected chi connectivity index (χ2v) is 5.18. The van der Waals surface area contributed by atoms with Gasteiger partial charge in [0.2, 0.25) is 0 Å². The SMILES string of the molecule is N=C(N)c1ccnc(Sc2ccc([N+](=O)[O-])cc2)c1Cl. The van der Waals surface area contributed by atoms with Crippen molar-refractivity contribution in [3.05, 3.63) is 57.2 Å². The minimum absolute atomic E-state index is 0.0193. The van der Waals surface area contributed by atoms with Crippen LogP contribution in [0.4, 0.5) is 5.69 Å². The number of nitrogens with zero attached hydrogens (tertiary/aromatic N) is 2. The van der Waals surface area contributed by atoms with Crippen molar-refractivity contribution in [2.45, 2.75) is 9.92 Å². The highest BCUT2D eigenvalue weighted by Crippen LogP contribution is 2.33. The summed E-state index contributed by atoms with van der Waals surface area (Å²) in [7, 11) is 0. The highest BCUT2D eigenvalue weighted by Gasteiger charge is 2.12. The number of rotatable bonds is 4. The standard InChI is InChI=1S/C12H9ClN4O2S/c13-10-9(11(14)15)5-6-16-12(10)20-8-3-1-7(2-4-8)17(18)19/h1-6H,(H3,14,15). The molecule has 0 atom stereocenters. The summed E-state index contributed by atoms with van der Waals surface area (Å²) in [5, 5.41) is 18.8. The quantitative estimate of drug-likeness (QED) is 0.391. The van der Waals surface area contributed by atoms with Crippen LogP contribution in [-0.4, -0.2) is 15.7 Å². The molecular formula is C12H9ClN4O2S. The third kappa shape index (κ3) is 3.06. The van der Waals surface area contributed by atoms with E-state index in [1.165, 1.54) is 30.1 Å². The van der Waals surface area contributed by atoms with Gasteiger partial charge in [0.1, 0.15) is 10.9 Å². The molecule has 0 radical (unpaired) electrons. The Morgan fingerprint density at radius 2 is 2.00 bits per heavy atom. The summed E-state index contributed by atoms with van der Waals surface area (Å²) in [6.45, 7) is 0. The Morgan fingerprint density at radius 1 is 1.35 bits per heavy atom. The molecule has 0 spiro atoms. The predicted molar refractivity (Wildman–Crippen MR) is 77.5 cm³/mol. The van der Waals surface area contributed by atoms with Crippen LogP contribution in [-0.2, 0) is 0 Å². The molecule has 1 heterocycles. The Balaban J connectivity index is 2.28. The average molecular weight is 309 g/mol. The minimum Gasteiger partial charge on any atom is -0.384 e. The molecule has 20 heavy (non-hydrogen) atoms. The number of halogens is 1. The molecule has 0 amide bonds. The largest absolute Gasteiger partial charge is 0.384 e. The second kappa shape index (κ2) is 5.89. The van der Waals surface area contributed by atoms with Crippen LogP contribution in [0.15, 0.2) is 46.5 Å². The van der Waals surface area contributed by atoms with E-state index in [-0.39, 0.29) is 11.5 Å². The number of pyridine rings is 1. The molecule has 0 saturated carbocycles. The molecule has 0 aliphatic carbocycles. The van der Waals surface area contributed by atoms with E-state index in [2.05, 4.69) is 4.98 Å². The van der Waals surface area contributed by atoms with Crippen LogP contribution in [0, 0.1) is 15.5 Å². The van der Waals surface area contributed by atoms with Gasteiger partial charge in [-0.25, -0.2) is 4.98 Å². The van der Waals surface area contributed by atoms with Crippen molar-refractivity contribution < 1.29 is 4.92 Å². The van der Waals surface area contributed by atoms with E-state index in [0.717, 1.165) is 4.90 Å². The van der Waals surface area contributed by atoms with Crippen molar-refractivity contribution in [1.82, 2.24) is 4.98 Å². The molecule has 1 aromatic carbocycles. The predicted octanol–water partition coefficient (Wildman–Crippen LogP) is 3.08. The molecule has 0 aliphatic heterocycles. The lowest BCUT2D eigenvalue weighted by Gasteiger charge is -2.06. The average Bonchev–Trinajstić information content (AvgIpc) is 2.41. The number of hydrogen-bond acceptors (Lipinski definition) is 5. The van der Waals surface area contributed by atoms with E-state index in [4.69, 9.17) is 22.7 Å². The van der Waals surface area contributed by atoms with Crippen molar-refractivity contribution >= 4 is 34.9 Å². The number of aromatic nitrogens is 1. The minimum atomic E-state index is -0.462. The molecule has 0 unspecified atom stereocenters. The van der Waals surface area contributed by atoms with Crippen molar-refractivity contribution in [1.29, 1.82) is 5.41 Å². The molecular weight excluding hydrogens is 300 g/mol. The van der Waals surface area contributed by atoms with Gasteiger partial charge in [0.25, 0.3) is 5.69 Å². The number of benzene rings is 1. The van der Waals surface area contributed by atoms with Crippen LogP contribution in [0.25, 0.3) is 0 Å². The van der Waals surface area contributed by atoms with E-state index in [1.54, 1.807) is 18.2 Å². The van der Waals surface area contributed by atoms with Gasteiger partial charge in [-0.05, 0) is 18.2 Å². The molecule has 0 bridgehead atoms. The molecule has 0 saturated heterocycles. The Kier molecular flexibility index (Phi) is 4.21. The first-order valence-corrected chi connectivity index (χ1v) is 6.59. The van der Waals surface area contributed by atoms with Crippen LogP contribution < -0.4 is 5.73 Å². The van der Waals surface area contributed by atoms with Gasteiger partial charge in [0, 0.05) is 28.8 Å². The highest BCUT2D eigenvalue weighted by atomic mass is 35.5. The maximum Gasteiger partial charge on any atom is 0.269 e. The van der Waals surface area contributed by atoms with Crippen LogP contribution >= 0.6 is 23.4 Å². The van der Waals surface area contributed by atoms with Gasteiger partial charge in [0.15, 0.2) is 0 Å². The van der Waals surface area contributed by atoms with E-state index in [1.807, 2.05) is 0 Å². The van der Waals surface area contributed by atoms with E-state index in [0.29, 0.717) is 15.6 Å². The Hall–Kier alpha value is -2.12. The number of amidine groups is 1. The smallest absolute Gasteiger partial charge is 0.269 e. The Morgan fingerprint density at radius 3 is 2.55 bits per heavy atom. The van der Waals surface area contributed by atoms with Crippen LogP contribution in [0.2, 0.25) is 5.02 Å². The Bertz CT molecular complexity index is 676. The van der Waals surface area contributed by atoms with Crippen molar-refractivity contribution in [3.63, 3.8) is 0 Å². The van der Waals surface area contributed by atoms with Crippen molar-refractivity contribution in [2.75, 3.05) is 0 Å². The fourth-order valence-electron chi connectivity index (χ4n) is 1.45. The first kappa shape index (κ1) is 14.3. The third-order valence-electron chi connectivity index (χ3n) is 2.41. The van der Waals surface area contributed by atoms with Gasteiger partial charge in [-0.15, -0.1) is 0 Å². The van der Waals surface area contributed by atoms with Gasteiger partial charge in [-0.2, -0.15) is 0 Å². The highest BCUT2D eigenvalue weighted by molar-refractivity contribution is 7.99. The van der Waals surface area contributed by atoms with Crippen LogP contribution in [0.5, 0.6) is 0 Å². The van der Waals surface area contributed by atoms with Gasteiger partial charge in [-0.3, -0.25) is 15.5 Å². The summed E-state index contributed by atoms with van der Waals surface area (Å²) in [5.74, 6) is -0.136. The zero-order valence-corrected chi connectivity index (χ0v) is 11.6. The molecule has 8 heteroatoms. The fourth-order valence-corrected chi connectivity index (χ4v) is 2.59. The van der Waals surface area contributed by atoms with Crippen LogP contribution in [0.3, 0.4) is 0 Å². The number of non-ortho nitro benzene ring substituents is 1. The summed E-state index contributed by atoms with van der Waals surface area (Å²) in [6.07, 6.45) is 1.51. The molecule has 6 nitrogen and oxygen atoms in total. The number of nitrogens with one attached hydrogen (secondary N) is 1. The Labute approximate surface area is 123 Å². The molecule has 2 aromatic rings. The third-order valence-corrected chi connectivity index (χ3v) is 3.91. The number of nitro benzene ring substituents is 1. The normalized spacial score (nSPS) is 10.2. The van der Waals surface area contributed by atoms with Crippen molar-refractivity contribution in [3.8, 4) is 0 Å². The zero-order valence-electron chi connectivity index (χ0n) is 10.0. The monoisotopic (exact) mass is 308 g/mol. The first-order valence-electron chi connectivity index (χ1n) is 5.40. The van der Waals surface area contributed by atoms with E-state index in [9.17, 15) is 10.1 Å². The summed E-state index contributed by atoms with van der Waals surface area (Å²) in [5.41, 5.74) is 5.84. The lowest BCUT2D eigenvalue weighted by molar-refractivity contribution is -0.384. The maximum absolute atomic E-state index is 10.6. The molecule has 0 aliphatic rings. The lowest BCUT2D eigenvalue weighted by Crippen LogP contribution is -2.12. The molecule has 0 fully saturated rings. The molecule has 3 N–H and O–H groups in total. The van der Waals surface area contributed by atoms with Gasteiger partial charge < -0.3 is 5.73 Å². The first-order chi connectivity index (χ1) is 9.49. The van der Waals surface area contributed by atoms with Crippen molar-refractivity contribution in [2.24, 2.45) is 5.73 Å². The van der Waals surface area contributed by atoms with E-state index < -0.39 is 4.92 Å². The van der Waals surface area contributed by atoms with Gasteiger partial charge in [-0.1, -0.05) is 23.4 Å². The lowest BCUT2D eigenvalue weighted by atomic mass is 10.2. The summed E-state index contributed by atoms with van der Waals surface area (Å²) in [4.78, 5) is 15.0. The topological polar surface area (TPSA) is 106 Å². The van der Waals surface area contributed by atoms with E-state index >= 15 is 0 Å². The fraction of sp³-hybridized carbons (Fsp3) is 0.